The smallest absolute Gasteiger partial charge is 0.236 e. The molecular formula is C14H27ClN4O2. The molecule has 2 heterocycles. The van der Waals surface area contributed by atoms with Crippen molar-refractivity contribution in [3.63, 3.8) is 0 Å². The van der Waals surface area contributed by atoms with Gasteiger partial charge in [-0.1, -0.05) is 0 Å². The third kappa shape index (κ3) is 5.13. The molecule has 21 heavy (non-hydrogen) atoms. The fraction of sp³-hybridized carbons (Fsp3) is 0.857. The lowest BCUT2D eigenvalue weighted by Crippen LogP contribution is -2.53. The van der Waals surface area contributed by atoms with Gasteiger partial charge < -0.3 is 15.1 Å². The quantitative estimate of drug-likeness (QED) is 0.782. The van der Waals surface area contributed by atoms with Crippen LogP contribution in [0.3, 0.4) is 0 Å². The van der Waals surface area contributed by atoms with E-state index in [9.17, 15) is 9.59 Å². The summed E-state index contributed by atoms with van der Waals surface area (Å²) in [7, 11) is 1.98. The average molecular weight is 319 g/mol. The first-order valence-electron chi connectivity index (χ1n) is 7.53. The van der Waals surface area contributed by atoms with E-state index in [-0.39, 0.29) is 24.2 Å². The van der Waals surface area contributed by atoms with Crippen LogP contribution in [0.25, 0.3) is 0 Å². The van der Waals surface area contributed by atoms with E-state index in [1.165, 1.54) is 6.42 Å². The summed E-state index contributed by atoms with van der Waals surface area (Å²) in [5, 5.41) is 3.29. The molecule has 1 unspecified atom stereocenters. The molecule has 2 aliphatic rings. The van der Waals surface area contributed by atoms with Crippen LogP contribution in [0.5, 0.6) is 0 Å². The Hall–Kier alpha value is -0.850. The molecule has 0 aromatic heterocycles. The summed E-state index contributed by atoms with van der Waals surface area (Å²) >= 11 is 0. The Balaban J connectivity index is 0.00000220. The third-order valence-corrected chi connectivity index (χ3v) is 4.35. The molecule has 0 spiro atoms. The van der Waals surface area contributed by atoms with Gasteiger partial charge in [0.15, 0.2) is 0 Å². The first kappa shape index (κ1) is 18.2. The number of hydrogen-bond donors (Lipinski definition) is 1. The van der Waals surface area contributed by atoms with Gasteiger partial charge in [-0.25, -0.2) is 0 Å². The van der Waals surface area contributed by atoms with Gasteiger partial charge in [-0.15, -0.1) is 12.4 Å². The minimum absolute atomic E-state index is 0. The van der Waals surface area contributed by atoms with Gasteiger partial charge in [0, 0.05) is 45.7 Å². The lowest BCUT2D eigenvalue weighted by atomic mass is 10.1. The molecule has 2 amide bonds. The molecule has 1 atom stereocenters. The molecule has 0 aliphatic carbocycles. The van der Waals surface area contributed by atoms with E-state index in [4.69, 9.17) is 0 Å². The molecule has 2 saturated heterocycles. The van der Waals surface area contributed by atoms with Crippen molar-refractivity contribution < 1.29 is 9.59 Å². The maximum atomic E-state index is 12.3. The Morgan fingerprint density at radius 2 is 1.71 bits per heavy atom. The maximum absolute atomic E-state index is 12.3. The standard InChI is InChI=1S/C14H26N4O2.ClH/c1-12(19)17-6-8-18(9-7-17)14(20)11-16-5-3-4-13(10-16)15-2;/h13,15H,3-11H2,1-2H3;1H. The van der Waals surface area contributed by atoms with Gasteiger partial charge in [0.2, 0.25) is 11.8 Å². The fourth-order valence-electron chi connectivity index (χ4n) is 3.00. The van der Waals surface area contributed by atoms with Crippen LogP contribution in [0.2, 0.25) is 0 Å². The molecule has 2 fully saturated rings. The molecule has 0 aromatic rings. The van der Waals surface area contributed by atoms with Crippen LogP contribution in [0, 0.1) is 0 Å². The Morgan fingerprint density at radius 1 is 1.10 bits per heavy atom. The van der Waals surface area contributed by atoms with Crippen molar-refractivity contribution in [1.29, 1.82) is 0 Å². The average Bonchev–Trinajstić information content (AvgIpc) is 2.47. The van der Waals surface area contributed by atoms with Crippen LogP contribution in [0.15, 0.2) is 0 Å². The van der Waals surface area contributed by atoms with E-state index in [1.807, 2.05) is 16.8 Å². The van der Waals surface area contributed by atoms with Crippen molar-refractivity contribution in [3.05, 3.63) is 0 Å². The number of rotatable bonds is 3. The number of likely N-dealkylation sites (tertiary alicyclic amines) is 1. The van der Waals surface area contributed by atoms with Gasteiger partial charge in [0.25, 0.3) is 0 Å². The van der Waals surface area contributed by atoms with E-state index >= 15 is 0 Å². The number of nitrogens with zero attached hydrogens (tertiary/aromatic N) is 3. The van der Waals surface area contributed by atoms with Crippen molar-refractivity contribution >= 4 is 24.2 Å². The SMILES string of the molecule is CNC1CCCN(CC(=O)N2CCN(C(C)=O)CC2)C1.Cl. The number of amides is 2. The van der Waals surface area contributed by atoms with Crippen LogP contribution in [0.1, 0.15) is 19.8 Å². The van der Waals surface area contributed by atoms with Gasteiger partial charge in [0.05, 0.1) is 6.54 Å². The van der Waals surface area contributed by atoms with Crippen LogP contribution < -0.4 is 5.32 Å². The van der Waals surface area contributed by atoms with Crippen LogP contribution in [-0.2, 0) is 9.59 Å². The normalized spacial score (nSPS) is 23.6. The number of piperazine rings is 1. The zero-order chi connectivity index (χ0) is 14.5. The number of carbonyl (C=O) groups is 2. The first-order chi connectivity index (χ1) is 9.60. The second-order valence-corrected chi connectivity index (χ2v) is 5.75. The van der Waals surface area contributed by atoms with Crippen LogP contribution >= 0.6 is 12.4 Å². The second-order valence-electron chi connectivity index (χ2n) is 5.75. The molecule has 0 radical (unpaired) electrons. The summed E-state index contributed by atoms with van der Waals surface area (Å²) in [6.45, 7) is 6.73. The monoisotopic (exact) mass is 318 g/mol. The highest BCUT2D eigenvalue weighted by Crippen LogP contribution is 2.10. The Morgan fingerprint density at radius 3 is 2.29 bits per heavy atom. The highest BCUT2D eigenvalue weighted by molar-refractivity contribution is 5.85. The minimum atomic E-state index is 0. The van der Waals surface area contributed by atoms with Gasteiger partial charge in [-0.3, -0.25) is 14.5 Å². The van der Waals surface area contributed by atoms with Crippen LogP contribution in [0.4, 0.5) is 0 Å². The van der Waals surface area contributed by atoms with Crippen molar-refractivity contribution in [2.24, 2.45) is 0 Å². The zero-order valence-corrected chi connectivity index (χ0v) is 13.8. The lowest BCUT2D eigenvalue weighted by Gasteiger charge is -2.37. The number of likely N-dealkylation sites (N-methyl/N-ethyl adjacent to an activating group) is 1. The van der Waals surface area contributed by atoms with Gasteiger partial charge >= 0.3 is 0 Å². The molecule has 2 rings (SSSR count). The molecule has 0 saturated carbocycles. The van der Waals surface area contributed by atoms with E-state index in [0.29, 0.717) is 38.8 Å². The molecular weight excluding hydrogens is 292 g/mol. The molecule has 6 nitrogen and oxygen atoms in total. The van der Waals surface area contributed by atoms with E-state index in [1.54, 1.807) is 6.92 Å². The number of piperidine rings is 1. The van der Waals surface area contributed by atoms with Crippen molar-refractivity contribution in [3.8, 4) is 0 Å². The van der Waals surface area contributed by atoms with E-state index in [2.05, 4.69) is 10.2 Å². The molecule has 122 valence electrons. The summed E-state index contributed by atoms with van der Waals surface area (Å²) < 4.78 is 0. The third-order valence-electron chi connectivity index (χ3n) is 4.35. The Kier molecular flexibility index (Phi) is 7.42. The lowest BCUT2D eigenvalue weighted by molar-refractivity contribution is -0.139. The van der Waals surface area contributed by atoms with Crippen LogP contribution in [-0.4, -0.2) is 85.4 Å². The molecule has 2 aliphatic heterocycles. The van der Waals surface area contributed by atoms with E-state index < -0.39 is 0 Å². The highest BCUT2D eigenvalue weighted by atomic mass is 35.5. The number of carbonyl (C=O) groups excluding carboxylic acids is 2. The number of halogens is 1. The molecule has 1 N–H and O–H groups in total. The Bertz CT molecular complexity index is 359. The van der Waals surface area contributed by atoms with Gasteiger partial charge in [-0.05, 0) is 26.4 Å². The van der Waals surface area contributed by atoms with Gasteiger partial charge in [-0.2, -0.15) is 0 Å². The van der Waals surface area contributed by atoms with Crippen molar-refractivity contribution in [1.82, 2.24) is 20.0 Å². The summed E-state index contributed by atoms with van der Waals surface area (Å²) in [4.78, 5) is 29.5. The Labute approximate surface area is 133 Å². The topological polar surface area (TPSA) is 55.9 Å². The highest BCUT2D eigenvalue weighted by Gasteiger charge is 2.25. The minimum Gasteiger partial charge on any atom is -0.339 e. The summed E-state index contributed by atoms with van der Waals surface area (Å²) in [5.41, 5.74) is 0. The first-order valence-corrected chi connectivity index (χ1v) is 7.53. The largest absolute Gasteiger partial charge is 0.339 e. The number of hydrogen-bond acceptors (Lipinski definition) is 4. The molecule has 0 aromatic carbocycles. The van der Waals surface area contributed by atoms with Crippen molar-refractivity contribution in [2.75, 3.05) is 52.9 Å². The maximum Gasteiger partial charge on any atom is 0.236 e. The fourth-order valence-corrected chi connectivity index (χ4v) is 3.00. The van der Waals surface area contributed by atoms with Gasteiger partial charge in [0.1, 0.15) is 0 Å². The molecule has 0 bridgehead atoms. The predicted octanol–water partition coefficient (Wildman–Crippen LogP) is -0.217. The van der Waals surface area contributed by atoms with E-state index in [0.717, 1.165) is 19.5 Å². The van der Waals surface area contributed by atoms with Crippen molar-refractivity contribution in [2.45, 2.75) is 25.8 Å². The molecule has 7 heteroatoms. The summed E-state index contributed by atoms with van der Waals surface area (Å²) in [5.74, 6) is 0.301. The predicted molar refractivity (Wildman–Crippen MR) is 84.6 cm³/mol. The zero-order valence-electron chi connectivity index (χ0n) is 13.0. The number of nitrogens with one attached hydrogen (secondary N) is 1. The summed E-state index contributed by atoms with van der Waals surface area (Å²) in [6.07, 6.45) is 2.34. The second kappa shape index (κ2) is 8.56. The summed E-state index contributed by atoms with van der Waals surface area (Å²) in [6, 6.07) is 0.506.